The molecule has 1 heterocycles. The first-order valence-corrected chi connectivity index (χ1v) is 6.77. The Balaban J connectivity index is 2.35. The molecular weight excluding hydrogens is 294 g/mol. The number of hydrogen-bond acceptors (Lipinski definition) is 2. The van der Waals surface area contributed by atoms with Crippen molar-refractivity contribution in [3.63, 3.8) is 0 Å². The Morgan fingerprint density at radius 3 is 3.00 bits per heavy atom. The van der Waals surface area contributed by atoms with Crippen molar-refractivity contribution in [1.82, 2.24) is 4.98 Å². The van der Waals surface area contributed by atoms with Gasteiger partial charge in [-0.25, -0.2) is 0 Å². The molecule has 0 bridgehead atoms. The lowest BCUT2D eigenvalue weighted by Gasteiger charge is -2.11. The minimum Gasteiger partial charge on any atom is -0.481 e. The third-order valence-electron chi connectivity index (χ3n) is 3.44. The van der Waals surface area contributed by atoms with E-state index in [1.807, 2.05) is 18.2 Å². The largest absolute Gasteiger partial charge is 0.481 e. The number of fused-ring (bicyclic) bond motifs is 2. The molecule has 1 aromatic heterocycles. The monoisotopic (exact) mass is 305 g/mol. The number of benzene rings is 1. The van der Waals surface area contributed by atoms with Gasteiger partial charge in [-0.15, -0.1) is 0 Å². The molecule has 0 fully saturated rings. The van der Waals surface area contributed by atoms with Gasteiger partial charge in [0.05, 0.1) is 11.9 Å². The zero-order chi connectivity index (χ0) is 12.7. The van der Waals surface area contributed by atoms with Crippen LogP contribution in [0.4, 0.5) is 0 Å². The van der Waals surface area contributed by atoms with E-state index in [0.29, 0.717) is 0 Å². The average Bonchev–Trinajstić information content (AvgIpc) is 2.78. The maximum absolute atomic E-state index is 11.1. The molecule has 0 saturated heterocycles. The van der Waals surface area contributed by atoms with Gasteiger partial charge in [-0.1, -0.05) is 12.1 Å². The van der Waals surface area contributed by atoms with Crippen molar-refractivity contribution < 1.29 is 9.90 Å². The van der Waals surface area contributed by atoms with E-state index in [2.05, 4.69) is 20.9 Å². The van der Waals surface area contributed by atoms with Crippen molar-refractivity contribution in [1.29, 1.82) is 0 Å². The van der Waals surface area contributed by atoms with Gasteiger partial charge in [0, 0.05) is 15.6 Å². The van der Waals surface area contributed by atoms with Crippen LogP contribution >= 0.6 is 15.9 Å². The maximum atomic E-state index is 11.1. The number of aromatic nitrogens is 1. The van der Waals surface area contributed by atoms with Crippen LogP contribution in [0.2, 0.25) is 0 Å². The van der Waals surface area contributed by atoms with Gasteiger partial charge in [0.15, 0.2) is 0 Å². The van der Waals surface area contributed by atoms with Crippen molar-refractivity contribution >= 4 is 32.8 Å². The lowest BCUT2D eigenvalue weighted by Crippen LogP contribution is -2.06. The highest BCUT2D eigenvalue weighted by atomic mass is 79.9. The number of rotatable bonds is 2. The van der Waals surface area contributed by atoms with Crippen molar-refractivity contribution in [2.45, 2.75) is 25.7 Å². The normalized spacial score (nSPS) is 13.8. The second-order valence-electron chi connectivity index (χ2n) is 4.58. The maximum Gasteiger partial charge on any atom is 0.307 e. The summed E-state index contributed by atoms with van der Waals surface area (Å²) in [5.41, 5.74) is 4.06. The number of nitrogens with zero attached hydrogens (tertiary/aromatic N) is 1. The Labute approximate surface area is 113 Å². The molecule has 0 radical (unpaired) electrons. The Morgan fingerprint density at radius 1 is 1.39 bits per heavy atom. The van der Waals surface area contributed by atoms with Crippen LogP contribution in [0.1, 0.15) is 23.2 Å². The van der Waals surface area contributed by atoms with Gasteiger partial charge in [-0.2, -0.15) is 0 Å². The highest BCUT2D eigenvalue weighted by Crippen LogP contribution is 2.33. The molecule has 1 aliphatic rings. The molecule has 0 aliphatic heterocycles. The zero-order valence-electron chi connectivity index (χ0n) is 9.74. The Hall–Kier alpha value is -1.42. The molecule has 0 saturated carbocycles. The van der Waals surface area contributed by atoms with Gasteiger partial charge < -0.3 is 5.11 Å². The SMILES string of the molecule is O=C(O)Cc1c2c(nc3c(Br)cccc13)CCC2. The van der Waals surface area contributed by atoms with Crippen molar-refractivity contribution in [2.75, 3.05) is 0 Å². The van der Waals surface area contributed by atoms with Crippen LogP contribution < -0.4 is 0 Å². The molecule has 0 amide bonds. The van der Waals surface area contributed by atoms with Crippen LogP contribution in [-0.4, -0.2) is 16.1 Å². The van der Waals surface area contributed by atoms with Crippen molar-refractivity contribution in [2.24, 2.45) is 0 Å². The fourth-order valence-corrected chi connectivity index (χ4v) is 3.15. The van der Waals surface area contributed by atoms with E-state index in [9.17, 15) is 4.79 Å². The smallest absolute Gasteiger partial charge is 0.307 e. The van der Waals surface area contributed by atoms with E-state index >= 15 is 0 Å². The molecule has 4 heteroatoms. The van der Waals surface area contributed by atoms with Gasteiger partial charge in [0.2, 0.25) is 0 Å². The summed E-state index contributed by atoms with van der Waals surface area (Å²) in [5, 5.41) is 10.1. The molecule has 1 aliphatic carbocycles. The number of aryl methyl sites for hydroxylation is 1. The molecule has 1 aromatic carbocycles. The van der Waals surface area contributed by atoms with Gasteiger partial charge in [0.25, 0.3) is 0 Å². The lowest BCUT2D eigenvalue weighted by molar-refractivity contribution is -0.136. The van der Waals surface area contributed by atoms with Crippen LogP contribution in [0.3, 0.4) is 0 Å². The van der Waals surface area contributed by atoms with Crippen LogP contribution in [-0.2, 0) is 24.1 Å². The standard InChI is InChI=1S/C14H12BrNO2/c15-11-5-1-4-9-10(7-13(17)18)8-3-2-6-12(8)16-14(9)11/h1,4-5H,2-3,6-7H2,(H,17,18). The summed E-state index contributed by atoms with van der Waals surface area (Å²) in [4.78, 5) is 15.7. The van der Waals surface area contributed by atoms with E-state index < -0.39 is 5.97 Å². The van der Waals surface area contributed by atoms with E-state index in [-0.39, 0.29) is 6.42 Å². The Morgan fingerprint density at radius 2 is 2.22 bits per heavy atom. The molecule has 2 aromatic rings. The van der Waals surface area contributed by atoms with Crippen LogP contribution in [0, 0.1) is 0 Å². The predicted octanol–water partition coefficient (Wildman–Crippen LogP) is 3.11. The predicted molar refractivity (Wildman–Crippen MR) is 72.8 cm³/mol. The van der Waals surface area contributed by atoms with Crippen LogP contribution in [0.15, 0.2) is 22.7 Å². The first-order valence-electron chi connectivity index (χ1n) is 5.97. The van der Waals surface area contributed by atoms with Crippen molar-refractivity contribution in [3.8, 4) is 0 Å². The van der Waals surface area contributed by atoms with Crippen LogP contribution in [0.25, 0.3) is 10.9 Å². The summed E-state index contributed by atoms with van der Waals surface area (Å²) in [6, 6.07) is 5.84. The number of pyridine rings is 1. The number of carboxylic acids is 1. The average molecular weight is 306 g/mol. The summed E-state index contributed by atoms with van der Waals surface area (Å²) in [6.07, 6.45) is 3.06. The second-order valence-corrected chi connectivity index (χ2v) is 5.43. The summed E-state index contributed by atoms with van der Waals surface area (Å²) < 4.78 is 0.932. The number of para-hydroxylation sites is 1. The molecule has 92 valence electrons. The van der Waals surface area contributed by atoms with E-state index in [1.165, 1.54) is 0 Å². The summed E-state index contributed by atoms with van der Waals surface area (Å²) in [6.45, 7) is 0. The molecule has 3 nitrogen and oxygen atoms in total. The second kappa shape index (κ2) is 4.35. The fourth-order valence-electron chi connectivity index (χ4n) is 2.70. The first kappa shape index (κ1) is 11.7. The van der Waals surface area contributed by atoms with E-state index in [0.717, 1.165) is 51.5 Å². The number of carbonyl (C=O) groups is 1. The van der Waals surface area contributed by atoms with Gasteiger partial charge in [0.1, 0.15) is 0 Å². The molecule has 0 spiro atoms. The minimum atomic E-state index is -0.781. The highest BCUT2D eigenvalue weighted by Gasteiger charge is 2.21. The first-order chi connectivity index (χ1) is 8.66. The minimum absolute atomic E-state index is 0.0812. The topological polar surface area (TPSA) is 50.2 Å². The van der Waals surface area contributed by atoms with Crippen LogP contribution in [0.5, 0.6) is 0 Å². The molecular formula is C14H12BrNO2. The van der Waals surface area contributed by atoms with Gasteiger partial charge in [-0.3, -0.25) is 9.78 Å². The molecule has 1 N–H and O–H groups in total. The Kier molecular flexibility index (Phi) is 2.82. The molecule has 0 atom stereocenters. The third-order valence-corrected chi connectivity index (χ3v) is 4.08. The Bertz CT molecular complexity index is 652. The number of carboxylic acid groups (broad SMARTS) is 1. The quantitative estimate of drug-likeness (QED) is 0.927. The number of aliphatic carboxylic acids is 1. The molecule has 0 unspecified atom stereocenters. The molecule has 3 rings (SSSR count). The highest BCUT2D eigenvalue weighted by molar-refractivity contribution is 9.10. The summed E-state index contributed by atoms with van der Waals surface area (Å²) in [5.74, 6) is -0.781. The zero-order valence-corrected chi connectivity index (χ0v) is 11.3. The van der Waals surface area contributed by atoms with E-state index in [1.54, 1.807) is 0 Å². The lowest BCUT2D eigenvalue weighted by atomic mass is 9.99. The van der Waals surface area contributed by atoms with Gasteiger partial charge in [-0.05, 0) is 52.4 Å². The summed E-state index contributed by atoms with van der Waals surface area (Å²) in [7, 11) is 0. The number of halogens is 1. The summed E-state index contributed by atoms with van der Waals surface area (Å²) >= 11 is 3.50. The molecule has 18 heavy (non-hydrogen) atoms. The van der Waals surface area contributed by atoms with E-state index in [4.69, 9.17) is 5.11 Å². The van der Waals surface area contributed by atoms with Crippen molar-refractivity contribution in [3.05, 3.63) is 39.5 Å². The third kappa shape index (κ3) is 1.81. The van der Waals surface area contributed by atoms with Gasteiger partial charge >= 0.3 is 5.97 Å². The number of hydrogen-bond donors (Lipinski definition) is 1. The fraction of sp³-hybridized carbons (Fsp3) is 0.286.